The molecule has 0 radical (unpaired) electrons. The van der Waals surface area contributed by atoms with E-state index in [0.29, 0.717) is 25.3 Å². The van der Waals surface area contributed by atoms with E-state index in [1.807, 2.05) is 6.07 Å². The van der Waals surface area contributed by atoms with Crippen LogP contribution < -0.4 is 10.6 Å². The number of aromatic nitrogens is 1. The Morgan fingerprint density at radius 3 is 2.68 bits per heavy atom. The number of carbonyl (C=O) groups excluding carboxylic acids is 2. The Balaban J connectivity index is 1.42. The highest BCUT2D eigenvalue weighted by molar-refractivity contribution is 7.18. The molecule has 6 heteroatoms. The topological polar surface area (TPSA) is 71.1 Å². The lowest BCUT2D eigenvalue weighted by molar-refractivity contribution is -0.123. The molecule has 2 N–H and O–H groups in total. The molecule has 1 fully saturated rings. The van der Waals surface area contributed by atoms with Crippen LogP contribution in [-0.4, -0.2) is 29.4 Å². The first-order valence-corrected chi connectivity index (χ1v) is 9.83. The Morgan fingerprint density at radius 1 is 1.20 bits per heavy atom. The number of fused-ring (bicyclic) bond motifs is 1. The number of amides is 2. The van der Waals surface area contributed by atoms with Crippen LogP contribution in [0, 0.1) is 0 Å². The van der Waals surface area contributed by atoms with Gasteiger partial charge in [-0.1, -0.05) is 12.1 Å². The molecule has 1 aliphatic rings. The van der Waals surface area contributed by atoms with Crippen LogP contribution >= 0.6 is 11.3 Å². The van der Waals surface area contributed by atoms with Crippen molar-refractivity contribution in [1.29, 1.82) is 0 Å². The number of carbonyl (C=O) groups is 2. The zero-order valence-corrected chi connectivity index (χ0v) is 15.4. The largest absolute Gasteiger partial charge is 0.356 e. The summed E-state index contributed by atoms with van der Waals surface area (Å²) in [4.78, 5) is 27.6. The van der Waals surface area contributed by atoms with Gasteiger partial charge in [-0.25, -0.2) is 4.98 Å². The van der Waals surface area contributed by atoms with Gasteiger partial charge in [-0.3, -0.25) is 9.59 Å². The van der Waals surface area contributed by atoms with Gasteiger partial charge >= 0.3 is 0 Å². The Labute approximate surface area is 152 Å². The summed E-state index contributed by atoms with van der Waals surface area (Å²) in [6.07, 6.45) is 5.34. The molecule has 1 heterocycles. The summed E-state index contributed by atoms with van der Waals surface area (Å²) in [6.45, 7) is 2.05. The van der Waals surface area contributed by atoms with E-state index in [4.69, 9.17) is 4.98 Å². The van der Waals surface area contributed by atoms with Crippen molar-refractivity contribution in [3.05, 3.63) is 29.3 Å². The van der Waals surface area contributed by atoms with Crippen molar-refractivity contribution >= 4 is 33.4 Å². The first-order valence-electron chi connectivity index (χ1n) is 9.01. The second kappa shape index (κ2) is 8.43. The molecule has 0 atom stereocenters. The fourth-order valence-electron chi connectivity index (χ4n) is 3.36. The van der Waals surface area contributed by atoms with Gasteiger partial charge in [0, 0.05) is 31.8 Å². The van der Waals surface area contributed by atoms with E-state index < -0.39 is 0 Å². The van der Waals surface area contributed by atoms with E-state index in [9.17, 15) is 9.59 Å². The van der Waals surface area contributed by atoms with Gasteiger partial charge in [-0.05, 0) is 44.2 Å². The van der Waals surface area contributed by atoms with Gasteiger partial charge in [0.05, 0.1) is 15.2 Å². The monoisotopic (exact) mass is 359 g/mol. The molecule has 2 aromatic rings. The number of benzene rings is 1. The third-order valence-corrected chi connectivity index (χ3v) is 5.91. The summed E-state index contributed by atoms with van der Waals surface area (Å²) in [6, 6.07) is 8.57. The quantitative estimate of drug-likeness (QED) is 0.777. The highest BCUT2D eigenvalue weighted by atomic mass is 32.1. The number of hydrogen-bond acceptors (Lipinski definition) is 4. The molecular weight excluding hydrogens is 334 g/mol. The SMILES string of the molecule is CC(=O)NCCCC(=O)NC1CCC(c2nc3ccccc3s2)CC1. The van der Waals surface area contributed by atoms with Crippen molar-refractivity contribution < 1.29 is 9.59 Å². The molecule has 2 amide bonds. The van der Waals surface area contributed by atoms with Gasteiger partial charge in [-0.15, -0.1) is 11.3 Å². The Bertz CT molecular complexity index is 702. The van der Waals surface area contributed by atoms with E-state index in [1.54, 1.807) is 11.3 Å². The smallest absolute Gasteiger partial charge is 0.220 e. The number of nitrogens with one attached hydrogen (secondary N) is 2. The molecule has 1 aliphatic carbocycles. The fraction of sp³-hybridized carbons (Fsp3) is 0.526. The molecular formula is C19H25N3O2S. The van der Waals surface area contributed by atoms with Crippen LogP contribution in [0.2, 0.25) is 0 Å². The summed E-state index contributed by atoms with van der Waals surface area (Å²) in [5.74, 6) is 0.563. The molecule has 1 aromatic heterocycles. The third-order valence-electron chi connectivity index (χ3n) is 4.71. The number of thiazole rings is 1. The Morgan fingerprint density at radius 2 is 1.96 bits per heavy atom. The van der Waals surface area contributed by atoms with E-state index in [1.165, 1.54) is 16.6 Å². The minimum atomic E-state index is -0.0476. The van der Waals surface area contributed by atoms with Gasteiger partial charge in [0.1, 0.15) is 0 Å². The second-order valence-corrected chi connectivity index (χ2v) is 7.78. The predicted molar refractivity (Wildman–Crippen MR) is 101 cm³/mol. The molecule has 25 heavy (non-hydrogen) atoms. The fourth-order valence-corrected chi connectivity index (χ4v) is 4.50. The lowest BCUT2D eigenvalue weighted by Gasteiger charge is -2.28. The molecule has 1 saturated carbocycles. The van der Waals surface area contributed by atoms with Crippen LogP contribution in [0.1, 0.15) is 56.4 Å². The first kappa shape index (κ1) is 17.9. The van der Waals surface area contributed by atoms with Crippen LogP contribution in [0.3, 0.4) is 0 Å². The van der Waals surface area contributed by atoms with Gasteiger partial charge in [0.25, 0.3) is 0 Å². The molecule has 0 saturated heterocycles. The van der Waals surface area contributed by atoms with Crippen LogP contribution in [0.15, 0.2) is 24.3 Å². The lowest BCUT2D eigenvalue weighted by atomic mass is 9.86. The minimum Gasteiger partial charge on any atom is -0.356 e. The third kappa shape index (κ3) is 5.01. The van der Waals surface area contributed by atoms with Crippen LogP contribution in [0.4, 0.5) is 0 Å². The van der Waals surface area contributed by atoms with Gasteiger partial charge in [0.15, 0.2) is 0 Å². The van der Waals surface area contributed by atoms with Crippen molar-refractivity contribution in [1.82, 2.24) is 15.6 Å². The van der Waals surface area contributed by atoms with Gasteiger partial charge in [-0.2, -0.15) is 0 Å². The van der Waals surface area contributed by atoms with E-state index >= 15 is 0 Å². The number of para-hydroxylation sites is 1. The van der Waals surface area contributed by atoms with Gasteiger partial charge in [0.2, 0.25) is 11.8 Å². The van der Waals surface area contributed by atoms with E-state index in [2.05, 4.69) is 28.8 Å². The lowest BCUT2D eigenvalue weighted by Crippen LogP contribution is -2.37. The predicted octanol–water partition coefficient (Wildman–Crippen LogP) is 3.36. The average molecular weight is 359 g/mol. The van der Waals surface area contributed by atoms with Crippen molar-refractivity contribution in [2.75, 3.05) is 6.54 Å². The summed E-state index contributed by atoms with van der Waals surface area (Å²) >= 11 is 1.80. The minimum absolute atomic E-state index is 0.0476. The zero-order chi connectivity index (χ0) is 17.6. The number of rotatable bonds is 6. The summed E-state index contributed by atoms with van der Waals surface area (Å²) in [5.41, 5.74) is 1.09. The maximum absolute atomic E-state index is 12.0. The normalized spacial score (nSPS) is 20.4. The molecule has 0 bridgehead atoms. The molecule has 5 nitrogen and oxygen atoms in total. The maximum Gasteiger partial charge on any atom is 0.220 e. The van der Waals surface area contributed by atoms with Crippen molar-refractivity contribution in [2.24, 2.45) is 0 Å². The average Bonchev–Trinajstić information content (AvgIpc) is 3.03. The molecule has 0 aliphatic heterocycles. The first-order chi connectivity index (χ1) is 12.1. The summed E-state index contributed by atoms with van der Waals surface area (Å²) < 4.78 is 1.26. The standard InChI is InChI=1S/C19H25N3O2S/c1-13(23)20-12-4-7-18(24)21-15-10-8-14(9-11-15)19-22-16-5-2-3-6-17(16)25-19/h2-3,5-6,14-15H,4,7-12H2,1H3,(H,20,23)(H,21,24). The van der Waals surface area contributed by atoms with Crippen LogP contribution in [0.25, 0.3) is 10.2 Å². The number of hydrogen-bond donors (Lipinski definition) is 2. The molecule has 0 unspecified atom stereocenters. The molecule has 1 aromatic carbocycles. The maximum atomic E-state index is 12.0. The van der Waals surface area contributed by atoms with Crippen molar-refractivity contribution in [3.8, 4) is 0 Å². The molecule has 0 spiro atoms. The zero-order valence-electron chi connectivity index (χ0n) is 14.6. The van der Waals surface area contributed by atoms with Crippen LogP contribution in [-0.2, 0) is 9.59 Å². The van der Waals surface area contributed by atoms with E-state index in [-0.39, 0.29) is 17.9 Å². The van der Waals surface area contributed by atoms with Crippen molar-refractivity contribution in [3.63, 3.8) is 0 Å². The highest BCUT2D eigenvalue weighted by Crippen LogP contribution is 2.36. The number of nitrogens with zero attached hydrogens (tertiary/aromatic N) is 1. The summed E-state index contributed by atoms with van der Waals surface area (Å²) in [5, 5.41) is 7.09. The highest BCUT2D eigenvalue weighted by Gasteiger charge is 2.25. The second-order valence-electron chi connectivity index (χ2n) is 6.72. The van der Waals surface area contributed by atoms with E-state index in [0.717, 1.165) is 31.2 Å². The Kier molecular flexibility index (Phi) is 6.02. The van der Waals surface area contributed by atoms with Crippen molar-refractivity contribution in [2.45, 2.75) is 57.4 Å². The van der Waals surface area contributed by atoms with Crippen LogP contribution in [0.5, 0.6) is 0 Å². The van der Waals surface area contributed by atoms with Gasteiger partial charge < -0.3 is 10.6 Å². The molecule has 3 rings (SSSR count). The molecule has 134 valence electrons. The summed E-state index contributed by atoms with van der Waals surface area (Å²) in [7, 11) is 0. The Hall–Kier alpha value is -1.95.